The smallest absolute Gasteiger partial charge is 0.0662 e. The predicted octanol–water partition coefficient (Wildman–Crippen LogP) is 0.327. The molecule has 0 aromatic rings. The van der Waals surface area contributed by atoms with Crippen LogP contribution in [0.25, 0.3) is 0 Å². The van der Waals surface area contributed by atoms with E-state index in [9.17, 15) is 0 Å². The maximum absolute atomic E-state index is 7.62. The third-order valence-corrected chi connectivity index (χ3v) is 0.200. The SMILES string of the molecule is C=CC.C=CC.OCCO.OCCO. The molecule has 4 nitrogen and oxygen atoms in total. The lowest BCUT2D eigenvalue weighted by Gasteiger charge is -1.70. The van der Waals surface area contributed by atoms with Gasteiger partial charge in [-0.25, -0.2) is 0 Å². The van der Waals surface area contributed by atoms with Crippen LogP contribution in [0.5, 0.6) is 0 Å². The fourth-order valence-electron chi connectivity index (χ4n) is 0. The van der Waals surface area contributed by atoms with E-state index in [4.69, 9.17) is 20.4 Å². The van der Waals surface area contributed by atoms with E-state index < -0.39 is 0 Å². The molecule has 0 aliphatic carbocycles. The molecule has 0 atom stereocenters. The molecule has 14 heavy (non-hydrogen) atoms. The molecule has 0 aromatic heterocycles. The quantitative estimate of drug-likeness (QED) is 0.493. The summed E-state index contributed by atoms with van der Waals surface area (Å²) in [6.45, 7) is 10.0. The first-order valence-electron chi connectivity index (χ1n) is 4.24. The van der Waals surface area contributed by atoms with Crippen LogP contribution < -0.4 is 0 Å². The van der Waals surface area contributed by atoms with Gasteiger partial charge in [0.1, 0.15) is 0 Å². The van der Waals surface area contributed by atoms with Crippen LogP contribution in [0.3, 0.4) is 0 Å². The Morgan fingerprint density at radius 3 is 0.786 bits per heavy atom. The van der Waals surface area contributed by atoms with Crippen molar-refractivity contribution in [1.29, 1.82) is 0 Å². The van der Waals surface area contributed by atoms with Gasteiger partial charge in [-0.3, -0.25) is 0 Å². The Kier molecular flexibility index (Phi) is 92.7. The zero-order valence-corrected chi connectivity index (χ0v) is 9.19. The summed E-state index contributed by atoms with van der Waals surface area (Å²) >= 11 is 0. The minimum atomic E-state index is -0.125. The zero-order valence-electron chi connectivity index (χ0n) is 9.19. The Bertz CT molecular complexity index is 60.5. The first-order chi connectivity index (χ1) is 6.66. The van der Waals surface area contributed by atoms with Gasteiger partial charge in [-0.1, -0.05) is 12.2 Å². The van der Waals surface area contributed by atoms with Crippen molar-refractivity contribution in [3.8, 4) is 0 Å². The number of hydrogen-bond acceptors (Lipinski definition) is 4. The number of rotatable bonds is 2. The standard InChI is InChI=1S/2C3H6.2C2H6O2/c2*1-3-2;2*3-1-2-4/h2*3H,1H2,2H3;2*3-4H,1-2H2. The van der Waals surface area contributed by atoms with Crippen LogP contribution in [0, 0.1) is 0 Å². The van der Waals surface area contributed by atoms with Crippen molar-refractivity contribution in [3.05, 3.63) is 25.3 Å². The van der Waals surface area contributed by atoms with Gasteiger partial charge in [0.2, 0.25) is 0 Å². The highest BCUT2D eigenvalue weighted by molar-refractivity contribution is 4.51. The Morgan fingerprint density at radius 2 is 0.786 bits per heavy atom. The summed E-state index contributed by atoms with van der Waals surface area (Å²) in [7, 11) is 0. The third-order valence-electron chi connectivity index (χ3n) is 0.200. The molecule has 0 rings (SSSR count). The summed E-state index contributed by atoms with van der Waals surface area (Å²) in [5.41, 5.74) is 0. The van der Waals surface area contributed by atoms with Gasteiger partial charge >= 0.3 is 0 Å². The fraction of sp³-hybridized carbons (Fsp3) is 0.600. The molecular formula is C10H24O4. The van der Waals surface area contributed by atoms with E-state index in [1.165, 1.54) is 0 Å². The average Bonchev–Trinajstić information content (AvgIpc) is 2.20. The second kappa shape index (κ2) is 55.8. The second-order valence-electron chi connectivity index (χ2n) is 1.71. The van der Waals surface area contributed by atoms with Gasteiger partial charge in [0, 0.05) is 0 Å². The van der Waals surface area contributed by atoms with E-state index in [0.717, 1.165) is 0 Å². The van der Waals surface area contributed by atoms with Crippen molar-refractivity contribution in [2.75, 3.05) is 26.4 Å². The van der Waals surface area contributed by atoms with Gasteiger partial charge in [-0.15, -0.1) is 13.2 Å². The normalized spacial score (nSPS) is 6.14. The van der Waals surface area contributed by atoms with Crippen LogP contribution in [0.4, 0.5) is 0 Å². The first kappa shape index (κ1) is 23.3. The summed E-state index contributed by atoms with van der Waals surface area (Å²) in [6.07, 6.45) is 3.50. The number of aliphatic hydroxyl groups is 4. The van der Waals surface area contributed by atoms with Crippen LogP contribution in [0.15, 0.2) is 25.3 Å². The monoisotopic (exact) mass is 208 g/mol. The van der Waals surface area contributed by atoms with Crippen molar-refractivity contribution in [2.45, 2.75) is 13.8 Å². The maximum Gasteiger partial charge on any atom is 0.0662 e. The summed E-state index contributed by atoms with van der Waals surface area (Å²) in [4.78, 5) is 0. The van der Waals surface area contributed by atoms with Crippen molar-refractivity contribution in [1.82, 2.24) is 0 Å². The molecule has 0 amide bonds. The number of allylic oxidation sites excluding steroid dienone is 2. The molecule has 88 valence electrons. The van der Waals surface area contributed by atoms with E-state index in [2.05, 4.69) is 13.2 Å². The zero-order chi connectivity index (χ0) is 12.2. The summed E-state index contributed by atoms with van der Waals surface area (Å²) in [6, 6.07) is 0. The lowest BCUT2D eigenvalue weighted by atomic mass is 10.8. The lowest BCUT2D eigenvalue weighted by Crippen LogP contribution is -1.85. The van der Waals surface area contributed by atoms with Crippen LogP contribution >= 0.6 is 0 Å². The largest absolute Gasteiger partial charge is 0.394 e. The van der Waals surface area contributed by atoms with Crippen LogP contribution in [0.1, 0.15) is 13.8 Å². The van der Waals surface area contributed by atoms with Crippen molar-refractivity contribution in [3.63, 3.8) is 0 Å². The van der Waals surface area contributed by atoms with Crippen molar-refractivity contribution in [2.24, 2.45) is 0 Å². The summed E-state index contributed by atoms with van der Waals surface area (Å²) < 4.78 is 0. The highest BCUT2D eigenvalue weighted by Gasteiger charge is 1.58. The minimum absolute atomic E-state index is 0.125. The van der Waals surface area contributed by atoms with Crippen LogP contribution in [-0.2, 0) is 0 Å². The maximum atomic E-state index is 7.62. The van der Waals surface area contributed by atoms with Gasteiger partial charge in [-0.2, -0.15) is 0 Å². The Morgan fingerprint density at radius 1 is 0.714 bits per heavy atom. The van der Waals surface area contributed by atoms with Crippen LogP contribution in [-0.4, -0.2) is 46.9 Å². The molecule has 0 aliphatic heterocycles. The highest BCUT2D eigenvalue weighted by atomic mass is 16.3. The van der Waals surface area contributed by atoms with Gasteiger partial charge in [0.15, 0.2) is 0 Å². The number of hydrogen-bond donors (Lipinski definition) is 4. The molecule has 0 unspecified atom stereocenters. The van der Waals surface area contributed by atoms with Crippen LogP contribution in [0.2, 0.25) is 0 Å². The third kappa shape index (κ3) is 692. The molecule has 0 bridgehead atoms. The van der Waals surface area contributed by atoms with Crippen molar-refractivity contribution >= 4 is 0 Å². The van der Waals surface area contributed by atoms with Gasteiger partial charge in [0.25, 0.3) is 0 Å². The topological polar surface area (TPSA) is 80.9 Å². The average molecular weight is 208 g/mol. The fourth-order valence-corrected chi connectivity index (χ4v) is 0. The van der Waals surface area contributed by atoms with E-state index >= 15 is 0 Å². The lowest BCUT2D eigenvalue weighted by molar-refractivity contribution is 0.186. The van der Waals surface area contributed by atoms with E-state index in [1.54, 1.807) is 12.2 Å². The highest BCUT2D eigenvalue weighted by Crippen LogP contribution is 1.40. The van der Waals surface area contributed by atoms with E-state index in [0.29, 0.717) is 0 Å². The first-order valence-corrected chi connectivity index (χ1v) is 4.24. The van der Waals surface area contributed by atoms with Crippen molar-refractivity contribution < 1.29 is 20.4 Å². The molecular weight excluding hydrogens is 184 g/mol. The molecule has 0 heterocycles. The Labute approximate surface area is 86.8 Å². The molecule has 0 aliphatic rings. The molecule has 4 heteroatoms. The molecule has 0 spiro atoms. The molecule has 0 saturated heterocycles. The Balaban J connectivity index is -0.0000000482. The second-order valence-corrected chi connectivity index (χ2v) is 1.71. The summed E-state index contributed by atoms with van der Waals surface area (Å²) in [5, 5.41) is 30.5. The summed E-state index contributed by atoms with van der Waals surface area (Å²) in [5.74, 6) is 0. The number of aliphatic hydroxyl groups excluding tert-OH is 4. The molecule has 0 radical (unpaired) electrons. The minimum Gasteiger partial charge on any atom is -0.394 e. The van der Waals surface area contributed by atoms with Gasteiger partial charge in [0.05, 0.1) is 26.4 Å². The molecule has 0 saturated carbocycles. The van der Waals surface area contributed by atoms with Gasteiger partial charge in [-0.05, 0) is 13.8 Å². The molecule has 0 fully saturated rings. The molecule has 4 N–H and O–H groups in total. The van der Waals surface area contributed by atoms with E-state index in [1.807, 2.05) is 13.8 Å². The molecule has 0 aromatic carbocycles. The van der Waals surface area contributed by atoms with Gasteiger partial charge < -0.3 is 20.4 Å². The Hall–Kier alpha value is -0.680. The predicted molar refractivity (Wildman–Crippen MR) is 60.1 cm³/mol. The van der Waals surface area contributed by atoms with E-state index in [-0.39, 0.29) is 26.4 Å².